The average molecular weight is 354 g/mol. The molecule has 0 spiro atoms. The van der Waals surface area contributed by atoms with Crippen LogP contribution in [0.2, 0.25) is 10.0 Å². The SMILES string of the molecule is CCOC(=O)C(C)N(c1c(Cl)cccc1Cl)S(=O)(=O)CC. The number of anilines is 1. The molecule has 0 amide bonds. The Kier molecular flexibility index (Phi) is 6.31. The predicted molar refractivity (Wildman–Crippen MR) is 84.5 cm³/mol. The van der Waals surface area contributed by atoms with Crippen LogP contribution in [0.1, 0.15) is 20.8 Å². The van der Waals surface area contributed by atoms with Crippen LogP contribution in [0, 0.1) is 0 Å². The zero-order valence-electron chi connectivity index (χ0n) is 12.0. The molecule has 1 atom stereocenters. The van der Waals surface area contributed by atoms with Gasteiger partial charge < -0.3 is 4.74 Å². The first-order valence-corrected chi connectivity index (χ1v) is 8.75. The first-order valence-electron chi connectivity index (χ1n) is 6.39. The number of para-hydroxylation sites is 1. The van der Waals surface area contributed by atoms with Crippen LogP contribution in [0.5, 0.6) is 0 Å². The zero-order chi connectivity index (χ0) is 16.2. The Labute approximate surface area is 134 Å². The molecule has 1 rings (SSSR count). The average Bonchev–Trinajstić information content (AvgIpc) is 2.42. The van der Waals surface area contributed by atoms with Gasteiger partial charge in [-0.3, -0.25) is 4.31 Å². The minimum atomic E-state index is -3.76. The monoisotopic (exact) mass is 353 g/mol. The van der Waals surface area contributed by atoms with Gasteiger partial charge in [-0.25, -0.2) is 13.2 Å². The molecule has 0 aliphatic heterocycles. The van der Waals surface area contributed by atoms with E-state index in [4.69, 9.17) is 27.9 Å². The summed E-state index contributed by atoms with van der Waals surface area (Å²) in [6.45, 7) is 4.71. The Morgan fingerprint density at radius 3 is 2.24 bits per heavy atom. The van der Waals surface area contributed by atoms with E-state index >= 15 is 0 Å². The molecule has 0 aliphatic carbocycles. The number of esters is 1. The predicted octanol–water partition coefficient (Wildman–Crippen LogP) is 3.10. The van der Waals surface area contributed by atoms with E-state index in [0.29, 0.717) is 0 Å². The van der Waals surface area contributed by atoms with Crippen LogP contribution in [-0.2, 0) is 19.6 Å². The highest BCUT2D eigenvalue weighted by Gasteiger charge is 2.34. The molecule has 0 heterocycles. The molecule has 0 aliphatic rings. The number of benzene rings is 1. The summed E-state index contributed by atoms with van der Waals surface area (Å²) in [5, 5.41) is 0.298. The third-order valence-electron chi connectivity index (χ3n) is 2.80. The van der Waals surface area contributed by atoms with Gasteiger partial charge in [-0.2, -0.15) is 0 Å². The second kappa shape index (κ2) is 7.33. The van der Waals surface area contributed by atoms with E-state index in [2.05, 4.69) is 0 Å². The third-order valence-corrected chi connectivity index (χ3v) is 5.24. The number of rotatable bonds is 6. The maximum atomic E-state index is 12.4. The number of halogens is 2. The molecule has 1 unspecified atom stereocenters. The molecule has 8 heteroatoms. The highest BCUT2D eigenvalue weighted by molar-refractivity contribution is 7.92. The van der Waals surface area contributed by atoms with Crippen molar-refractivity contribution in [1.29, 1.82) is 0 Å². The number of hydrogen-bond acceptors (Lipinski definition) is 4. The first kappa shape index (κ1) is 18.1. The quantitative estimate of drug-likeness (QED) is 0.737. The van der Waals surface area contributed by atoms with Crippen LogP contribution in [0.4, 0.5) is 5.69 Å². The highest BCUT2D eigenvalue weighted by Crippen LogP contribution is 2.36. The smallest absolute Gasteiger partial charge is 0.329 e. The minimum Gasteiger partial charge on any atom is -0.464 e. The summed E-state index contributed by atoms with van der Waals surface area (Å²) in [6, 6.07) is 3.56. The summed E-state index contributed by atoms with van der Waals surface area (Å²) in [5.74, 6) is -0.858. The normalized spacial score (nSPS) is 12.8. The van der Waals surface area contributed by atoms with Crippen LogP contribution in [0.15, 0.2) is 18.2 Å². The Hall–Kier alpha value is -0.980. The van der Waals surface area contributed by atoms with Crippen molar-refractivity contribution in [2.24, 2.45) is 0 Å². The van der Waals surface area contributed by atoms with Crippen LogP contribution < -0.4 is 4.31 Å². The molecule has 5 nitrogen and oxygen atoms in total. The van der Waals surface area contributed by atoms with Gasteiger partial charge in [0.1, 0.15) is 6.04 Å². The van der Waals surface area contributed by atoms with E-state index in [1.54, 1.807) is 13.0 Å². The van der Waals surface area contributed by atoms with Crippen LogP contribution in [0.25, 0.3) is 0 Å². The number of carbonyl (C=O) groups is 1. The van der Waals surface area contributed by atoms with Crippen molar-refractivity contribution in [3.63, 3.8) is 0 Å². The van der Waals surface area contributed by atoms with Gasteiger partial charge in [-0.15, -0.1) is 0 Å². The molecule has 0 saturated heterocycles. The molecular formula is C13H17Cl2NO4S. The topological polar surface area (TPSA) is 63.7 Å². The minimum absolute atomic E-state index is 0.0863. The van der Waals surface area contributed by atoms with E-state index in [9.17, 15) is 13.2 Å². The van der Waals surface area contributed by atoms with Gasteiger partial charge in [0.25, 0.3) is 0 Å². The van der Waals surface area contributed by atoms with Gasteiger partial charge in [-0.05, 0) is 32.9 Å². The van der Waals surface area contributed by atoms with Crippen molar-refractivity contribution in [3.8, 4) is 0 Å². The van der Waals surface area contributed by atoms with E-state index < -0.39 is 22.0 Å². The number of carbonyl (C=O) groups excluding carboxylic acids is 1. The molecule has 21 heavy (non-hydrogen) atoms. The highest BCUT2D eigenvalue weighted by atomic mass is 35.5. The fourth-order valence-electron chi connectivity index (χ4n) is 1.77. The summed E-state index contributed by atoms with van der Waals surface area (Å²) >= 11 is 12.1. The summed E-state index contributed by atoms with van der Waals surface area (Å²) in [7, 11) is -3.76. The largest absolute Gasteiger partial charge is 0.464 e. The molecule has 1 aromatic carbocycles. The Bertz CT molecular complexity index is 598. The first-order chi connectivity index (χ1) is 9.76. The van der Waals surface area contributed by atoms with E-state index in [1.807, 2.05) is 0 Å². The number of ether oxygens (including phenoxy) is 1. The third kappa shape index (κ3) is 4.02. The molecule has 0 fully saturated rings. The fourth-order valence-corrected chi connectivity index (χ4v) is 3.77. The van der Waals surface area contributed by atoms with Crippen LogP contribution >= 0.6 is 23.2 Å². The number of nitrogens with zero attached hydrogens (tertiary/aromatic N) is 1. The van der Waals surface area contributed by atoms with Gasteiger partial charge in [-0.1, -0.05) is 29.3 Å². The van der Waals surface area contributed by atoms with E-state index in [1.165, 1.54) is 26.0 Å². The maximum absolute atomic E-state index is 12.4. The summed E-state index contributed by atoms with van der Waals surface area (Å²) < 4.78 is 30.5. The molecule has 0 bridgehead atoms. The molecule has 0 aromatic heterocycles. The van der Waals surface area contributed by atoms with E-state index in [0.717, 1.165) is 4.31 Å². The molecule has 0 radical (unpaired) electrons. The molecule has 1 aromatic rings. The standard InChI is InChI=1S/C13H17Cl2NO4S/c1-4-20-13(17)9(3)16(21(18,19)5-2)12-10(14)7-6-8-11(12)15/h6-9H,4-5H2,1-3H3. The summed E-state index contributed by atoms with van der Waals surface area (Å²) in [4.78, 5) is 11.9. The lowest BCUT2D eigenvalue weighted by atomic mass is 10.2. The van der Waals surface area contributed by atoms with Gasteiger partial charge >= 0.3 is 5.97 Å². The number of hydrogen-bond donors (Lipinski definition) is 0. The Morgan fingerprint density at radius 1 is 1.29 bits per heavy atom. The second-order valence-electron chi connectivity index (χ2n) is 4.19. The lowest BCUT2D eigenvalue weighted by molar-refractivity contribution is -0.144. The van der Waals surface area contributed by atoms with Crippen LogP contribution in [-0.4, -0.2) is 32.8 Å². The second-order valence-corrected chi connectivity index (χ2v) is 7.14. The molecular weight excluding hydrogens is 337 g/mol. The summed E-state index contributed by atoms with van der Waals surface area (Å²) in [5.41, 5.74) is 0.0863. The van der Waals surface area contributed by atoms with Crippen molar-refractivity contribution in [3.05, 3.63) is 28.2 Å². The fraction of sp³-hybridized carbons (Fsp3) is 0.462. The van der Waals surface area contributed by atoms with Gasteiger partial charge in [0.2, 0.25) is 10.0 Å². The van der Waals surface area contributed by atoms with Crippen molar-refractivity contribution in [2.45, 2.75) is 26.8 Å². The van der Waals surface area contributed by atoms with E-state index in [-0.39, 0.29) is 28.1 Å². The van der Waals surface area contributed by atoms with Crippen molar-refractivity contribution in [1.82, 2.24) is 0 Å². The molecule has 0 N–H and O–H groups in total. The number of sulfonamides is 1. The van der Waals surface area contributed by atoms with Crippen LogP contribution in [0.3, 0.4) is 0 Å². The summed E-state index contributed by atoms with van der Waals surface area (Å²) in [6.07, 6.45) is 0. The van der Waals surface area contributed by atoms with Gasteiger partial charge in [0.15, 0.2) is 0 Å². The van der Waals surface area contributed by atoms with Crippen molar-refractivity contribution in [2.75, 3.05) is 16.7 Å². The maximum Gasteiger partial charge on any atom is 0.329 e. The van der Waals surface area contributed by atoms with Gasteiger partial charge in [0, 0.05) is 0 Å². The van der Waals surface area contributed by atoms with Gasteiger partial charge in [0.05, 0.1) is 28.1 Å². The van der Waals surface area contributed by atoms with Crippen molar-refractivity contribution < 1.29 is 17.9 Å². The van der Waals surface area contributed by atoms with Crippen molar-refractivity contribution >= 4 is 44.9 Å². The lowest BCUT2D eigenvalue weighted by Crippen LogP contribution is -2.45. The zero-order valence-corrected chi connectivity index (χ0v) is 14.3. The molecule has 0 saturated carbocycles. The Morgan fingerprint density at radius 2 is 1.81 bits per heavy atom. The lowest BCUT2D eigenvalue weighted by Gasteiger charge is -2.30. The Balaban J connectivity index is 3.44. The molecule has 118 valence electrons.